The topological polar surface area (TPSA) is 26.0 Å². The van der Waals surface area contributed by atoms with E-state index in [1.807, 2.05) is 6.07 Å². The molecule has 100 valence electrons. The molecule has 0 heterocycles. The van der Waals surface area contributed by atoms with Crippen LogP contribution in [0.25, 0.3) is 0 Å². The van der Waals surface area contributed by atoms with Crippen LogP contribution in [-0.4, -0.2) is 0 Å². The molecule has 0 aliphatic heterocycles. The molecule has 0 saturated heterocycles. The molecule has 2 N–H and O–H groups in total. The molecular formula is C18H23N. The Kier molecular flexibility index (Phi) is 5.17. The van der Waals surface area contributed by atoms with E-state index in [-0.39, 0.29) is 6.04 Å². The van der Waals surface area contributed by atoms with Crippen LogP contribution in [0.5, 0.6) is 0 Å². The summed E-state index contributed by atoms with van der Waals surface area (Å²) in [6.45, 7) is 2.22. The van der Waals surface area contributed by atoms with Gasteiger partial charge in [0.2, 0.25) is 0 Å². The minimum atomic E-state index is 0.135. The van der Waals surface area contributed by atoms with Gasteiger partial charge in [0.15, 0.2) is 0 Å². The fourth-order valence-electron chi connectivity index (χ4n) is 2.42. The Bertz CT molecular complexity index is 490. The number of benzene rings is 2. The van der Waals surface area contributed by atoms with Crippen molar-refractivity contribution in [2.24, 2.45) is 5.73 Å². The van der Waals surface area contributed by atoms with Crippen molar-refractivity contribution in [1.82, 2.24) is 0 Å². The van der Waals surface area contributed by atoms with Gasteiger partial charge in [-0.05, 0) is 36.0 Å². The van der Waals surface area contributed by atoms with E-state index in [9.17, 15) is 0 Å². The molecule has 19 heavy (non-hydrogen) atoms. The van der Waals surface area contributed by atoms with Gasteiger partial charge in [-0.3, -0.25) is 0 Å². The molecule has 0 aliphatic carbocycles. The fraction of sp³-hybridized carbons (Fsp3) is 0.333. The zero-order valence-electron chi connectivity index (χ0n) is 11.7. The highest BCUT2D eigenvalue weighted by Crippen LogP contribution is 2.17. The van der Waals surface area contributed by atoms with Gasteiger partial charge in [0, 0.05) is 6.04 Å². The molecule has 0 bridgehead atoms. The second kappa shape index (κ2) is 7.10. The minimum absolute atomic E-state index is 0.135. The second-order valence-corrected chi connectivity index (χ2v) is 5.13. The first-order chi connectivity index (χ1) is 9.29. The average molecular weight is 253 g/mol. The lowest BCUT2D eigenvalue weighted by molar-refractivity contribution is 0.651. The maximum Gasteiger partial charge on any atom is 0.0298 e. The number of aryl methyl sites for hydroxylation is 2. The Hall–Kier alpha value is -1.60. The Morgan fingerprint density at radius 1 is 0.895 bits per heavy atom. The molecule has 1 heteroatoms. The van der Waals surface area contributed by atoms with Gasteiger partial charge in [-0.25, -0.2) is 0 Å². The lowest BCUT2D eigenvalue weighted by Gasteiger charge is -2.12. The lowest BCUT2D eigenvalue weighted by Crippen LogP contribution is -2.11. The maximum atomic E-state index is 6.24. The SMILES string of the molecule is CCCc1cccc(CCC(N)c2ccccc2)c1. The largest absolute Gasteiger partial charge is 0.324 e. The summed E-state index contributed by atoms with van der Waals surface area (Å²) in [5, 5.41) is 0. The van der Waals surface area contributed by atoms with E-state index in [0.29, 0.717) is 0 Å². The van der Waals surface area contributed by atoms with Gasteiger partial charge < -0.3 is 5.73 Å². The quantitative estimate of drug-likeness (QED) is 0.817. The summed E-state index contributed by atoms with van der Waals surface area (Å²) < 4.78 is 0. The van der Waals surface area contributed by atoms with E-state index in [4.69, 9.17) is 5.73 Å². The molecule has 0 fully saturated rings. The zero-order valence-corrected chi connectivity index (χ0v) is 11.7. The van der Waals surface area contributed by atoms with Crippen molar-refractivity contribution < 1.29 is 0 Å². The van der Waals surface area contributed by atoms with Crippen LogP contribution in [0.3, 0.4) is 0 Å². The molecule has 0 spiro atoms. The first-order valence-electron chi connectivity index (χ1n) is 7.18. The molecule has 2 aromatic carbocycles. The maximum absolute atomic E-state index is 6.24. The Balaban J connectivity index is 1.93. The van der Waals surface area contributed by atoms with Crippen LogP contribution in [0.4, 0.5) is 0 Å². The highest BCUT2D eigenvalue weighted by molar-refractivity contribution is 5.24. The summed E-state index contributed by atoms with van der Waals surface area (Å²) in [6, 6.07) is 19.4. The van der Waals surface area contributed by atoms with E-state index < -0.39 is 0 Å². The highest BCUT2D eigenvalue weighted by atomic mass is 14.6. The molecule has 0 radical (unpaired) electrons. The second-order valence-electron chi connectivity index (χ2n) is 5.13. The van der Waals surface area contributed by atoms with Crippen LogP contribution in [0.15, 0.2) is 54.6 Å². The summed E-state index contributed by atoms with van der Waals surface area (Å²) in [5.74, 6) is 0. The van der Waals surface area contributed by atoms with Gasteiger partial charge in [0.05, 0.1) is 0 Å². The first kappa shape index (κ1) is 13.8. The van der Waals surface area contributed by atoms with Crippen molar-refractivity contribution in [3.05, 3.63) is 71.3 Å². The van der Waals surface area contributed by atoms with Crippen LogP contribution in [0, 0.1) is 0 Å². The van der Waals surface area contributed by atoms with Crippen LogP contribution < -0.4 is 5.73 Å². The number of rotatable bonds is 6. The Labute approximate surface area is 116 Å². The van der Waals surface area contributed by atoms with Crippen molar-refractivity contribution in [1.29, 1.82) is 0 Å². The van der Waals surface area contributed by atoms with Gasteiger partial charge in [-0.2, -0.15) is 0 Å². The van der Waals surface area contributed by atoms with Crippen LogP contribution in [0.1, 0.15) is 42.5 Å². The Morgan fingerprint density at radius 2 is 1.58 bits per heavy atom. The molecule has 0 amide bonds. The monoisotopic (exact) mass is 253 g/mol. The normalized spacial score (nSPS) is 12.3. The van der Waals surface area contributed by atoms with Crippen LogP contribution >= 0.6 is 0 Å². The van der Waals surface area contributed by atoms with E-state index >= 15 is 0 Å². The van der Waals surface area contributed by atoms with Gasteiger partial charge in [0.1, 0.15) is 0 Å². The van der Waals surface area contributed by atoms with Crippen molar-refractivity contribution in [3.8, 4) is 0 Å². The highest BCUT2D eigenvalue weighted by Gasteiger charge is 2.05. The summed E-state index contributed by atoms with van der Waals surface area (Å²) >= 11 is 0. The van der Waals surface area contributed by atoms with Gasteiger partial charge >= 0.3 is 0 Å². The number of hydrogen-bond acceptors (Lipinski definition) is 1. The summed E-state index contributed by atoms with van der Waals surface area (Å²) in [5.41, 5.74) is 10.3. The predicted octanol–water partition coefficient (Wildman–Crippen LogP) is 4.27. The van der Waals surface area contributed by atoms with Gasteiger partial charge in [0.25, 0.3) is 0 Å². The fourth-order valence-corrected chi connectivity index (χ4v) is 2.42. The number of nitrogens with two attached hydrogens (primary N) is 1. The molecule has 1 nitrogen and oxygen atoms in total. The van der Waals surface area contributed by atoms with Crippen LogP contribution in [-0.2, 0) is 12.8 Å². The van der Waals surface area contributed by atoms with Crippen molar-refractivity contribution in [3.63, 3.8) is 0 Å². The third-order valence-corrected chi connectivity index (χ3v) is 3.50. The first-order valence-corrected chi connectivity index (χ1v) is 7.18. The summed E-state index contributed by atoms with van der Waals surface area (Å²) in [6.07, 6.45) is 4.42. The van der Waals surface area contributed by atoms with E-state index in [1.165, 1.54) is 29.5 Å². The number of hydrogen-bond donors (Lipinski definition) is 1. The Morgan fingerprint density at radius 3 is 2.26 bits per heavy atom. The predicted molar refractivity (Wildman–Crippen MR) is 82.1 cm³/mol. The molecule has 1 atom stereocenters. The third kappa shape index (κ3) is 4.22. The average Bonchev–Trinajstić information content (AvgIpc) is 2.46. The van der Waals surface area contributed by atoms with E-state index in [2.05, 4.69) is 55.5 Å². The lowest BCUT2D eigenvalue weighted by atomic mass is 9.98. The molecule has 2 aromatic rings. The molecule has 0 saturated carbocycles. The molecular weight excluding hydrogens is 230 g/mol. The molecule has 2 rings (SSSR count). The molecule has 0 aliphatic rings. The zero-order chi connectivity index (χ0) is 13.5. The van der Waals surface area contributed by atoms with Crippen LogP contribution in [0.2, 0.25) is 0 Å². The standard InChI is InChI=1S/C18H23N/c1-2-7-15-8-6-9-16(14-15)12-13-18(19)17-10-4-3-5-11-17/h3-6,8-11,14,18H,2,7,12-13,19H2,1H3. The van der Waals surface area contributed by atoms with E-state index in [0.717, 1.165) is 12.8 Å². The van der Waals surface area contributed by atoms with Gasteiger partial charge in [-0.1, -0.05) is 67.9 Å². The molecule has 1 unspecified atom stereocenters. The van der Waals surface area contributed by atoms with Crippen molar-refractivity contribution in [2.45, 2.75) is 38.6 Å². The van der Waals surface area contributed by atoms with Gasteiger partial charge in [-0.15, -0.1) is 0 Å². The smallest absolute Gasteiger partial charge is 0.0298 e. The summed E-state index contributed by atoms with van der Waals surface area (Å²) in [7, 11) is 0. The molecule has 0 aromatic heterocycles. The minimum Gasteiger partial charge on any atom is -0.324 e. The van der Waals surface area contributed by atoms with Crippen molar-refractivity contribution in [2.75, 3.05) is 0 Å². The van der Waals surface area contributed by atoms with E-state index in [1.54, 1.807) is 0 Å². The summed E-state index contributed by atoms with van der Waals surface area (Å²) in [4.78, 5) is 0. The van der Waals surface area contributed by atoms with Crippen molar-refractivity contribution >= 4 is 0 Å². The third-order valence-electron chi connectivity index (χ3n) is 3.50.